The van der Waals surface area contributed by atoms with Gasteiger partial charge in [0.25, 0.3) is 0 Å². The van der Waals surface area contributed by atoms with Crippen molar-refractivity contribution in [2.75, 3.05) is 13.2 Å². The molecule has 0 aliphatic carbocycles. The molecule has 0 amide bonds. The normalized spacial score (nSPS) is 12.7. The fraction of sp³-hybridized carbons (Fsp3) is 0.730. The van der Waals surface area contributed by atoms with Gasteiger partial charge in [0, 0.05) is 19.3 Å². The van der Waals surface area contributed by atoms with Gasteiger partial charge in [-0.05, 0) is 116 Å². The number of carbonyl (C=O) groups excluding carboxylic acids is 3. The molecule has 0 saturated carbocycles. The lowest BCUT2D eigenvalue weighted by atomic mass is 10.1. The van der Waals surface area contributed by atoms with Gasteiger partial charge in [0.1, 0.15) is 13.2 Å². The van der Waals surface area contributed by atoms with Crippen LogP contribution in [0.2, 0.25) is 0 Å². The van der Waals surface area contributed by atoms with E-state index in [0.717, 1.165) is 122 Å². The highest BCUT2D eigenvalue weighted by Crippen LogP contribution is 2.15. The maximum absolute atomic E-state index is 12.9. The molecule has 0 spiro atoms. The van der Waals surface area contributed by atoms with Crippen LogP contribution in [0, 0.1) is 0 Å². The molecule has 6 heteroatoms. The fourth-order valence-electron chi connectivity index (χ4n) is 7.99. The summed E-state index contributed by atoms with van der Waals surface area (Å²) >= 11 is 0. The van der Waals surface area contributed by atoms with E-state index in [-0.39, 0.29) is 31.1 Å². The van der Waals surface area contributed by atoms with Gasteiger partial charge in [0.15, 0.2) is 6.10 Å². The maximum atomic E-state index is 12.9. The first-order valence-electron chi connectivity index (χ1n) is 29.1. The summed E-state index contributed by atoms with van der Waals surface area (Å²) in [6, 6.07) is 0. The number of allylic oxidation sites excluding steroid dienone is 14. The van der Waals surface area contributed by atoms with E-state index >= 15 is 0 Å². The van der Waals surface area contributed by atoms with Crippen LogP contribution in [0.25, 0.3) is 0 Å². The minimum absolute atomic E-state index is 0.0935. The maximum Gasteiger partial charge on any atom is 0.306 e. The molecule has 0 saturated heterocycles. The topological polar surface area (TPSA) is 78.9 Å². The predicted molar refractivity (Wildman–Crippen MR) is 297 cm³/mol. The Bertz CT molecular complexity index is 1330. The lowest BCUT2D eigenvalue weighted by molar-refractivity contribution is -0.167. The summed E-state index contributed by atoms with van der Waals surface area (Å²) in [5.74, 6) is -0.927. The Kier molecular flexibility index (Phi) is 54.3. The first-order chi connectivity index (χ1) is 34.0. The molecule has 1 atom stereocenters. The molecule has 0 aliphatic rings. The Hall–Kier alpha value is -3.41. The number of hydrogen-bond acceptors (Lipinski definition) is 6. The molecule has 6 nitrogen and oxygen atoms in total. The van der Waals surface area contributed by atoms with Gasteiger partial charge >= 0.3 is 17.9 Å². The van der Waals surface area contributed by atoms with Crippen molar-refractivity contribution in [1.82, 2.24) is 0 Å². The molecule has 396 valence electrons. The highest BCUT2D eigenvalue weighted by atomic mass is 16.6. The molecular formula is C63H108O6. The van der Waals surface area contributed by atoms with Crippen LogP contribution in [0.1, 0.15) is 278 Å². The molecule has 0 fully saturated rings. The molecule has 0 aliphatic heterocycles. The van der Waals surface area contributed by atoms with Crippen molar-refractivity contribution >= 4 is 17.9 Å². The summed E-state index contributed by atoms with van der Waals surface area (Å²) in [4.78, 5) is 38.2. The summed E-state index contributed by atoms with van der Waals surface area (Å²) in [6.45, 7) is 6.48. The van der Waals surface area contributed by atoms with Gasteiger partial charge in [-0.25, -0.2) is 0 Å². The SMILES string of the molecule is CC/C=C\C/C=C\C/C=C\CCCCCCCC(=O)OC[C@H](COC(=O)CCCCCC/C=C\C/C=C\C/C=C\CCCCC)OC(=O)CCCCCCCCCCC/C=C\CCCCCCCC. The second-order valence-electron chi connectivity index (χ2n) is 19.2. The van der Waals surface area contributed by atoms with E-state index in [0.29, 0.717) is 19.3 Å². The van der Waals surface area contributed by atoms with Gasteiger partial charge in [-0.15, -0.1) is 0 Å². The van der Waals surface area contributed by atoms with Crippen LogP contribution < -0.4 is 0 Å². The van der Waals surface area contributed by atoms with Crippen molar-refractivity contribution < 1.29 is 28.6 Å². The largest absolute Gasteiger partial charge is 0.462 e. The lowest BCUT2D eigenvalue weighted by Gasteiger charge is -2.18. The molecule has 0 rings (SSSR count). The zero-order chi connectivity index (χ0) is 50.0. The molecule has 69 heavy (non-hydrogen) atoms. The second-order valence-corrected chi connectivity index (χ2v) is 19.2. The van der Waals surface area contributed by atoms with E-state index in [1.807, 2.05) is 0 Å². The molecular weight excluding hydrogens is 853 g/mol. The highest BCUT2D eigenvalue weighted by Gasteiger charge is 2.19. The molecule has 0 radical (unpaired) electrons. The van der Waals surface area contributed by atoms with E-state index in [4.69, 9.17) is 14.2 Å². The summed E-state index contributed by atoms with van der Waals surface area (Å²) in [5.41, 5.74) is 0. The van der Waals surface area contributed by atoms with Gasteiger partial charge in [-0.3, -0.25) is 14.4 Å². The van der Waals surface area contributed by atoms with Crippen LogP contribution in [-0.2, 0) is 28.6 Å². The van der Waals surface area contributed by atoms with Crippen LogP contribution in [0.3, 0.4) is 0 Å². The smallest absolute Gasteiger partial charge is 0.306 e. The molecule has 0 heterocycles. The van der Waals surface area contributed by atoms with Gasteiger partial charge in [0.05, 0.1) is 0 Å². The molecule has 0 unspecified atom stereocenters. The molecule has 0 aromatic heterocycles. The second kappa shape index (κ2) is 57.2. The van der Waals surface area contributed by atoms with Gasteiger partial charge in [-0.1, -0.05) is 228 Å². The number of carbonyl (C=O) groups is 3. The quantitative estimate of drug-likeness (QED) is 0.0262. The highest BCUT2D eigenvalue weighted by molar-refractivity contribution is 5.71. The third kappa shape index (κ3) is 55.4. The predicted octanol–water partition coefficient (Wildman–Crippen LogP) is 19.5. The van der Waals surface area contributed by atoms with Crippen LogP contribution >= 0.6 is 0 Å². The number of hydrogen-bond donors (Lipinski definition) is 0. The van der Waals surface area contributed by atoms with Crippen molar-refractivity contribution in [2.45, 2.75) is 284 Å². The summed E-state index contributed by atoms with van der Waals surface area (Å²) in [6.07, 6.45) is 74.3. The van der Waals surface area contributed by atoms with Gasteiger partial charge in [0.2, 0.25) is 0 Å². The van der Waals surface area contributed by atoms with Crippen molar-refractivity contribution in [3.05, 3.63) is 85.1 Å². The Balaban J connectivity index is 4.44. The number of ether oxygens (including phenoxy) is 3. The Morgan fingerprint density at radius 1 is 0.304 bits per heavy atom. The molecule has 0 bridgehead atoms. The van der Waals surface area contributed by atoms with Crippen molar-refractivity contribution in [3.63, 3.8) is 0 Å². The van der Waals surface area contributed by atoms with E-state index in [9.17, 15) is 14.4 Å². The first-order valence-corrected chi connectivity index (χ1v) is 29.1. The molecule has 0 aromatic rings. The Labute approximate surface area is 426 Å². The fourth-order valence-corrected chi connectivity index (χ4v) is 7.99. The van der Waals surface area contributed by atoms with E-state index in [1.54, 1.807) is 0 Å². The van der Waals surface area contributed by atoms with E-state index < -0.39 is 6.10 Å². The summed E-state index contributed by atoms with van der Waals surface area (Å²) < 4.78 is 16.9. The van der Waals surface area contributed by atoms with Crippen LogP contribution in [0.5, 0.6) is 0 Å². The Morgan fingerprint density at radius 2 is 0.565 bits per heavy atom. The number of esters is 3. The van der Waals surface area contributed by atoms with Crippen molar-refractivity contribution in [3.8, 4) is 0 Å². The zero-order valence-corrected chi connectivity index (χ0v) is 45.3. The van der Waals surface area contributed by atoms with Crippen LogP contribution in [0.4, 0.5) is 0 Å². The van der Waals surface area contributed by atoms with E-state index in [2.05, 4.69) is 106 Å². The van der Waals surface area contributed by atoms with Crippen molar-refractivity contribution in [1.29, 1.82) is 0 Å². The first kappa shape index (κ1) is 65.6. The van der Waals surface area contributed by atoms with Crippen LogP contribution in [-0.4, -0.2) is 37.2 Å². The van der Waals surface area contributed by atoms with E-state index in [1.165, 1.54) is 116 Å². The third-order valence-corrected chi connectivity index (χ3v) is 12.4. The Morgan fingerprint density at radius 3 is 0.928 bits per heavy atom. The number of unbranched alkanes of at least 4 members (excludes halogenated alkanes) is 27. The lowest BCUT2D eigenvalue weighted by Crippen LogP contribution is -2.30. The standard InChI is InChI=1S/C63H108O6/c1-4-7-10-13-16-19-22-25-28-30-31-33-36-39-42-45-48-51-54-57-63(66)69-60(58-67-61(64)55-52-49-46-43-40-37-34-27-24-21-18-15-12-9-6-3)59-68-62(65)56-53-50-47-44-41-38-35-32-29-26-23-20-17-14-11-8-5-2/h9,12,17-18,20-21,25-29,34-35,38,60H,4-8,10-11,13-16,19,22-24,30-33,36-37,39-59H2,1-3H3/b12-9-,20-17-,21-18-,28-25-,29-26-,34-27-,38-35-/t60-/m1/s1. The van der Waals surface area contributed by atoms with Gasteiger partial charge < -0.3 is 14.2 Å². The number of rotatable bonds is 52. The summed E-state index contributed by atoms with van der Waals surface area (Å²) in [5, 5.41) is 0. The average molecular weight is 962 g/mol. The molecule has 0 N–H and O–H groups in total. The van der Waals surface area contributed by atoms with Crippen LogP contribution in [0.15, 0.2) is 85.1 Å². The third-order valence-electron chi connectivity index (χ3n) is 12.4. The van der Waals surface area contributed by atoms with Crippen molar-refractivity contribution in [2.24, 2.45) is 0 Å². The zero-order valence-electron chi connectivity index (χ0n) is 45.3. The molecule has 0 aromatic carbocycles. The minimum Gasteiger partial charge on any atom is -0.462 e. The summed E-state index contributed by atoms with van der Waals surface area (Å²) in [7, 11) is 0. The monoisotopic (exact) mass is 961 g/mol. The average Bonchev–Trinajstić information content (AvgIpc) is 3.35. The van der Waals surface area contributed by atoms with Gasteiger partial charge in [-0.2, -0.15) is 0 Å². The minimum atomic E-state index is -0.795.